The number of nitrogens with zero attached hydrogens (tertiary/aromatic N) is 2. The van der Waals surface area contributed by atoms with Gasteiger partial charge >= 0.3 is 0 Å². The van der Waals surface area contributed by atoms with Crippen molar-refractivity contribution < 1.29 is 0 Å². The Morgan fingerprint density at radius 1 is 0.234 bits per heavy atom. The Hall–Kier alpha value is -8.46. The van der Waals surface area contributed by atoms with Gasteiger partial charge in [0.25, 0.3) is 0 Å². The van der Waals surface area contributed by atoms with Crippen LogP contribution in [-0.4, -0.2) is 4.57 Å². The van der Waals surface area contributed by atoms with Gasteiger partial charge < -0.3 is 9.47 Å². The van der Waals surface area contributed by atoms with Crippen molar-refractivity contribution in [3.63, 3.8) is 0 Å². The van der Waals surface area contributed by atoms with Crippen molar-refractivity contribution in [1.82, 2.24) is 4.57 Å². The Morgan fingerprint density at radius 3 is 1.02 bits per heavy atom. The molecular weight excluding hydrogens is 773 g/mol. The molecule has 0 N–H and O–H groups in total. The van der Waals surface area contributed by atoms with E-state index >= 15 is 0 Å². The van der Waals surface area contributed by atoms with Crippen LogP contribution in [0.2, 0.25) is 0 Å². The minimum Gasteiger partial charge on any atom is -0.311 e. The summed E-state index contributed by atoms with van der Waals surface area (Å²) in [7, 11) is 0. The molecule has 2 nitrogen and oxygen atoms in total. The van der Waals surface area contributed by atoms with E-state index < -0.39 is 0 Å². The molecule has 0 aliphatic carbocycles. The van der Waals surface area contributed by atoms with Crippen molar-refractivity contribution >= 4 is 60.4 Å². The lowest BCUT2D eigenvalue weighted by molar-refractivity contribution is 1.18. The summed E-state index contributed by atoms with van der Waals surface area (Å²) < 4.78 is 2.43. The molecule has 0 aliphatic rings. The molecular formula is C62H42N2. The van der Waals surface area contributed by atoms with Gasteiger partial charge in [-0.3, -0.25) is 0 Å². The molecule has 11 aromatic carbocycles. The van der Waals surface area contributed by atoms with Crippen LogP contribution < -0.4 is 4.90 Å². The predicted octanol–water partition coefficient (Wildman–Crippen LogP) is 17.2. The highest BCUT2D eigenvalue weighted by atomic mass is 15.1. The van der Waals surface area contributed by atoms with Crippen molar-refractivity contribution in [3.05, 3.63) is 255 Å². The summed E-state index contributed by atoms with van der Waals surface area (Å²) in [4.78, 5) is 2.31. The van der Waals surface area contributed by atoms with Gasteiger partial charge in [0.15, 0.2) is 0 Å². The van der Waals surface area contributed by atoms with Gasteiger partial charge in [-0.15, -0.1) is 0 Å². The fourth-order valence-electron chi connectivity index (χ4n) is 9.83. The Morgan fingerprint density at radius 2 is 0.562 bits per heavy atom. The lowest BCUT2D eigenvalue weighted by Gasteiger charge is -2.25. The number of aromatic nitrogens is 1. The molecule has 2 heteroatoms. The molecule has 0 spiro atoms. The Kier molecular flexibility index (Phi) is 9.20. The fourth-order valence-corrected chi connectivity index (χ4v) is 9.83. The van der Waals surface area contributed by atoms with Gasteiger partial charge in [-0.1, -0.05) is 182 Å². The van der Waals surface area contributed by atoms with Gasteiger partial charge in [-0.25, -0.2) is 0 Å². The van der Waals surface area contributed by atoms with E-state index in [9.17, 15) is 0 Å². The molecule has 12 rings (SSSR count). The van der Waals surface area contributed by atoms with Crippen LogP contribution >= 0.6 is 0 Å². The van der Waals surface area contributed by atoms with Crippen molar-refractivity contribution in [3.8, 4) is 50.2 Å². The monoisotopic (exact) mass is 814 g/mol. The van der Waals surface area contributed by atoms with Gasteiger partial charge in [-0.05, 0) is 139 Å². The van der Waals surface area contributed by atoms with E-state index in [1.807, 2.05) is 0 Å². The minimum absolute atomic E-state index is 1.11. The summed E-state index contributed by atoms with van der Waals surface area (Å²) in [6, 6.07) is 92.5. The standard InChI is InChI=1S/C62H42N2/c1-5-17-43(18-6-1)47-33-39-59-57(41-47)58-42-48(44-29-35-51(36-30-44)63(49-21-9-3-10-22-49)50-23-11-4-12-24-50)34-40-60(58)64(59)52-37-31-46(32-38-52)62-55-27-15-13-25-53(55)61(45-19-7-2-8-20-45)54-26-14-16-28-56(54)62/h1-42H. The van der Waals surface area contributed by atoms with Gasteiger partial charge in [0.1, 0.15) is 0 Å². The molecule has 0 radical (unpaired) electrons. The van der Waals surface area contributed by atoms with Crippen molar-refractivity contribution in [2.75, 3.05) is 4.90 Å². The van der Waals surface area contributed by atoms with Crippen LogP contribution in [0.3, 0.4) is 0 Å². The third-order valence-corrected chi connectivity index (χ3v) is 12.8. The van der Waals surface area contributed by atoms with Crippen molar-refractivity contribution in [1.29, 1.82) is 0 Å². The second-order valence-corrected chi connectivity index (χ2v) is 16.5. The highest BCUT2D eigenvalue weighted by Crippen LogP contribution is 2.45. The van der Waals surface area contributed by atoms with E-state index in [1.54, 1.807) is 0 Å². The quantitative estimate of drug-likeness (QED) is 0.139. The Bertz CT molecular complexity index is 3520. The van der Waals surface area contributed by atoms with E-state index in [0.717, 1.165) is 22.7 Å². The Balaban J connectivity index is 0.985. The zero-order valence-corrected chi connectivity index (χ0v) is 35.1. The van der Waals surface area contributed by atoms with Crippen LogP contribution in [0.25, 0.3) is 93.5 Å². The number of anilines is 3. The van der Waals surface area contributed by atoms with Gasteiger partial charge in [0.05, 0.1) is 11.0 Å². The SMILES string of the molecule is c1ccc(-c2ccc3c(c2)c2cc(-c4ccc(N(c5ccccc5)c5ccccc5)cc4)ccc2n3-c2ccc(-c3c4ccccc4c(-c4ccccc4)c4ccccc34)cc2)cc1. The summed E-state index contributed by atoms with van der Waals surface area (Å²) in [6.45, 7) is 0. The first-order valence-electron chi connectivity index (χ1n) is 22.0. The number of para-hydroxylation sites is 2. The van der Waals surface area contributed by atoms with Crippen LogP contribution in [-0.2, 0) is 0 Å². The highest BCUT2D eigenvalue weighted by molar-refractivity contribution is 6.21. The fraction of sp³-hybridized carbons (Fsp3) is 0. The number of benzene rings is 11. The van der Waals surface area contributed by atoms with Gasteiger partial charge in [0.2, 0.25) is 0 Å². The van der Waals surface area contributed by atoms with Crippen molar-refractivity contribution in [2.45, 2.75) is 0 Å². The summed E-state index contributed by atoms with van der Waals surface area (Å²) in [5.74, 6) is 0. The zero-order valence-electron chi connectivity index (χ0n) is 35.1. The lowest BCUT2D eigenvalue weighted by Crippen LogP contribution is -2.09. The third-order valence-electron chi connectivity index (χ3n) is 12.8. The third kappa shape index (κ3) is 6.44. The first kappa shape index (κ1) is 37.3. The molecule has 64 heavy (non-hydrogen) atoms. The molecule has 0 unspecified atom stereocenters. The van der Waals surface area contributed by atoms with E-state index in [-0.39, 0.29) is 0 Å². The number of hydrogen-bond acceptors (Lipinski definition) is 1. The summed E-state index contributed by atoms with van der Waals surface area (Å²) in [5.41, 5.74) is 16.6. The summed E-state index contributed by atoms with van der Waals surface area (Å²) in [5, 5.41) is 7.49. The number of hydrogen-bond donors (Lipinski definition) is 0. The molecule has 0 bridgehead atoms. The first-order valence-corrected chi connectivity index (χ1v) is 22.0. The molecule has 12 aromatic rings. The van der Waals surface area contributed by atoms with Crippen LogP contribution in [0.1, 0.15) is 0 Å². The average molecular weight is 815 g/mol. The first-order chi connectivity index (χ1) is 31.8. The topological polar surface area (TPSA) is 8.17 Å². The minimum atomic E-state index is 1.11. The highest BCUT2D eigenvalue weighted by Gasteiger charge is 2.19. The van der Waals surface area contributed by atoms with E-state index in [4.69, 9.17) is 0 Å². The lowest BCUT2D eigenvalue weighted by atomic mass is 9.86. The molecule has 0 saturated heterocycles. The second kappa shape index (κ2) is 15.8. The predicted molar refractivity (Wildman–Crippen MR) is 272 cm³/mol. The maximum absolute atomic E-state index is 2.43. The molecule has 300 valence electrons. The average Bonchev–Trinajstić information content (AvgIpc) is 3.70. The van der Waals surface area contributed by atoms with Crippen LogP contribution in [0.4, 0.5) is 17.1 Å². The molecule has 0 aliphatic heterocycles. The molecule has 0 atom stereocenters. The van der Waals surface area contributed by atoms with Gasteiger partial charge in [-0.2, -0.15) is 0 Å². The number of fused-ring (bicyclic) bond motifs is 5. The van der Waals surface area contributed by atoms with E-state index in [0.29, 0.717) is 0 Å². The summed E-state index contributed by atoms with van der Waals surface area (Å²) in [6.07, 6.45) is 0. The van der Waals surface area contributed by atoms with Crippen LogP contribution in [0.5, 0.6) is 0 Å². The smallest absolute Gasteiger partial charge is 0.0541 e. The molecule has 0 amide bonds. The van der Waals surface area contributed by atoms with E-state index in [1.165, 1.54) is 87.9 Å². The number of rotatable bonds is 8. The van der Waals surface area contributed by atoms with Gasteiger partial charge in [0, 0.05) is 33.5 Å². The molecule has 0 saturated carbocycles. The maximum Gasteiger partial charge on any atom is 0.0541 e. The van der Waals surface area contributed by atoms with Crippen LogP contribution in [0.15, 0.2) is 255 Å². The molecule has 0 fully saturated rings. The molecule has 1 heterocycles. The largest absolute Gasteiger partial charge is 0.311 e. The van der Waals surface area contributed by atoms with Crippen LogP contribution in [0, 0.1) is 0 Å². The molecule has 1 aromatic heterocycles. The normalized spacial score (nSPS) is 11.4. The van der Waals surface area contributed by atoms with Crippen molar-refractivity contribution in [2.24, 2.45) is 0 Å². The Labute approximate surface area is 373 Å². The second-order valence-electron chi connectivity index (χ2n) is 16.5. The maximum atomic E-state index is 2.43. The van der Waals surface area contributed by atoms with E-state index in [2.05, 4.69) is 264 Å². The summed E-state index contributed by atoms with van der Waals surface area (Å²) >= 11 is 0. The zero-order chi connectivity index (χ0) is 42.4.